The van der Waals surface area contributed by atoms with Crippen LogP contribution in [0.15, 0.2) is 10.6 Å². The van der Waals surface area contributed by atoms with Crippen molar-refractivity contribution in [3.05, 3.63) is 10.6 Å². The lowest BCUT2D eigenvalue weighted by Crippen LogP contribution is -2.02. The van der Waals surface area contributed by atoms with Crippen LogP contribution in [0, 0.1) is 0 Å². The zero-order valence-electron chi connectivity index (χ0n) is 6.44. The normalized spacial score (nSPS) is 17.8. The summed E-state index contributed by atoms with van der Waals surface area (Å²) in [5.41, 5.74) is 1.32. The van der Waals surface area contributed by atoms with Crippen LogP contribution in [-0.2, 0) is 4.74 Å². The summed E-state index contributed by atoms with van der Waals surface area (Å²) in [5.74, 6) is 1.03. The number of rotatable bonds is 3. The monoisotopic (exact) mass is 159 g/mol. The number of hydrogen-bond acceptors (Lipinski definition) is 3. The molecule has 0 aliphatic carbocycles. The maximum Gasteiger partial charge on any atom is 0.0651 e. The second-order valence-electron chi connectivity index (χ2n) is 2.26. The maximum absolute atomic E-state index is 4.98. The van der Waals surface area contributed by atoms with Gasteiger partial charge in [-0.2, -0.15) is 0 Å². The number of methoxy groups -OCH3 is 1. The Morgan fingerprint density at radius 3 is 3.00 bits per heavy atom. The van der Waals surface area contributed by atoms with Crippen molar-refractivity contribution in [2.75, 3.05) is 19.6 Å². The molecule has 3 heteroatoms. The molecule has 2 nitrogen and oxygen atoms in total. The standard InChI is InChI=1S/C7H13NOS/c1-6-7(3-4-9-2)10-5-8-6/h8H,3-5H2,1-2H3. The topological polar surface area (TPSA) is 21.3 Å². The van der Waals surface area contributed by atoms with Crippen molar-refractivity contribution in [1.82, 2.24) is 5.32 Å². The molecule has 0 atom stereocenters. The third-order valence-corrected chi connectivity index (χ3v) is 2.68. The molecule has 0 unspecified atom stereocenters. The van der Waals surface area contributed by atoms with Gasteiger partial charge in [-0.05, 0) is 6.92 Å². The molecule has 0 amide bonds. The molecular formula is C7H13NOS. The molecule has 0 aromatic rings. The molecule has 0 saturated heterocycles. The number of ether oxygens (including phenoxy) is 1. The molecule has 0 aromatic heterocycles. The van der Waals surface area contributed by atoms with Gasteiger partial charge >= 0.3 is 0 Å². The van der Waals surface area contributed by atoms with Gasteiger partial charge in [0, 0.05) is 24.1 Å². The van der Waals surface area contributed by atoms with E-state index in [0.29, 0.717) is 0 Å². The highest BCUT2D eigenvalue weighted by atomic mass is 32.2. The minimum Gasteiger partial charge on any atom is -0.384 e. The molecular weight excluding hydrogens is 146 g/mol. The Bertz CT molecular complexity index is 145. The van der Waals surface area contributed by atoms with Crippen molar-refractivity contribution >= 4 is 11.8 Å². The van der Waals surface area contributed by atoms with Crippen LogP contribution < -0.4 is 5.32 Å². The highest BCUT2D eigenvalue weighted by molar-refractivity contribution is 8.03. The number of thioether (sulfide) groups is 1. The van der Waals surface area contributed by atoms with Gasteiger partial charge in [-0.15, -0.1) is 11.8 Å². The van der Waals surface area contributed by atoms with Gasteiger partial charge in [0.15, 0.2) is 0 Å². The fourth-order valence-electron chi connectivity index (χ4n) is 0.893. The lowest BCUT2D eigenvalue weighted by atomic mass is 10.3. The zero-order valence-corrected chi connectivity index (χ0v) is 7.25. The molecule has 1 aliphatic heterocycles. The summed E-state index contributed by atoms with van der Waals surface area (Å²) >= 11 is 1.88. The van der Waals surface area contributed by atoms with Crippen molar-refractivity contribution in [3.63, 3.8) is 0 Å². The van der Waals surface area contributed by atoms with Crippen LogP contribution in [0.25, 0.3) is 0 Å². The van der Waals surface area contributed by atoms with Crippen LogP contribution in [0.4, 0.5) is 0 Å². The van der Waals surface area contributed by atoms with E-state index in [9.17, 15) is 0 Å². The first-order chi connectivity index (χ1) is 4.84. The van der Waals surface area contributed by atoms with Crippen molar-refractivity contribution in [3.8, 4) is 0 Å². The third kappa shape index (κ3) is 1.92. The molecule has 0 aromatic carbocycles. The van der Waals surface area contributed by atoms with Crippen LogP contribution >= 0.6 is 11.8 Å². The summed E-state index contributed by atoms with van der Waals surface area (Å²) in [7, 11) is 1.74. The molecule has 1 rings (SSSR count). The first-order valence-electron chi connectivity index (χ1n) is 3.40. The van der Waals surface area contributed by atoms with E-state index >= 15 is 0 Å². The first kappa shape index (κ1) is 7.95. The van der Waals surface area contributed by atoms with Crippen LogP contribution in [-0.4, -0.2) is 19.6 Å². The van der Waals surface area contributed by atoms with E-state index < -0.39 is 0 Å². The minimum atomic E-state index is 0.835. The summed E-state index contributed by atoms with van der Waals surface area (Å²) in [6.07, 6.45) is 1.06. The third-order valence-electron chi connectivity index (χ3n) is 1.54. The van der Waals surface area contributed by atoms with Crippen LogP contribution in [0.3, 0.4) is 0 Å². The van der Waals surface area contributed by atoms with Crippen LogP contribution in [0.1, 0.15) is 13.3 Å². The highest BCUT2D eigenvalue weighted by Crippen LogP contribution is 2.26. The summed E-state index contributed by atoms with van der Waals surface area (Å²) in [6, 6.07) is 0. The first-order valence-corrected chi connectivity index (χ1v) is 4.38. The summed E-state index contributed by atoms with van der Waals surface area (Å²) in [5, 5.41) is 3.27. The quantitative estimate of drug-likeness (QED) is 0.675. The SMILES string of the molecule is COCCC1=C(C)NCS1. The smallest absolute Gasteiger partial charge is 0.0651 e. The molecule has 10 heavy (non-hydrogen) atoms. The van der Waals surface area contributed by atoms with E-state index in [2.05, 4.69) is 12.2 Å². The van der Waals surface area contributed by atoms with Gasteiger partial charge in [0.25, 0.3) is 0 Å². The zero-order chi connectivity index (χ0) is 7.40. The van der Waals surface area contributed by atoms with Crippen molar-refractivity contribution in [2.45, 2.75) is 13.3 Å². The maximum atomic E-state index is 4.98. The average Bonchev–Trinajstić information content (AvgIpc) is 2.31. The predicted octanol–water partition coefficient (Wildman–Crippen LogP) is 1.55. The second-order valence-corrected chi connectivity index (χ2v) is 3.33. The van der Waals surface area contributed by atoms with Crippen molar-refractivity contribution in [1.29, 1.82) is 0 Å². The molecule has 0 spiro atoms. The summed E-state index contributed by atoms with van der Waals surface area (Å²) in [4.78, 5) is 1.45. The molecule has 0 saturated carbocycles. The summed E-state index contributed by atoms with van der Waals surface area (Å²) in [6.45, 7) is 2.95. The second kappa shape index (κ2) is 3.88. The Hall–Kier alpha value is -0.150. The fourth-order valence-corrected chi connectivity index (χ4v) is 1.87. The van der Waals surface area contributed by atoms with E-state index in [1.165, 1.54) is 10.6 Å². The Kier molecular flexibility index (Phi) is 3.09. The lowest BCUT2D eigenvalue weighted by molar-refractivity contribution is 0.203. The molecule has 1 N–H and O–H groups in total. The minimum absolute atomic E-state index is 0.835. The van der Waals surface area contributed by atoms with Gasteiger partial charge in [-0.3, -0.25) is 0 Å². The van der Waals surface area contributed by atoms with Gasteiger partial charge in [0.05, 0.1) is 12.5 Å². The van der Waals surface area contributed by atoms with E-state index in [4.69, 9.17) is 4.74 Å². The van der Waals surface area contributed by atoms with E-state index in [-0.39, 0.29) is 0 Å². The average molecular weight is 159 g/mol. The Balaban J connectivity index is 2.31. The number of hydrogen-bond donors (Lipinski definition) is 1. The highest BCUT2D eigenvalue weighted by Gasteiger charge is 2.08. The van der Waals surface area contributed by atoms with Gasteiger partial charge < -0.3 is 10.1 Å². The number of nitrogens with one attached hydrogen (secondary N) is 1. The van der Waals surface area contributed by atoms with E-state index in [1.54, 1.807) is 7.11 Å². The van der Waals surface area contributed by atoms with E-state index in [1.807, 2.05) is 11.8 Å². The fraction of sp³-hybridized carbons (Fsp3) is 0.714. The predicted molar refractivity (Wildman–Crippen MR) is 44.8 cm³/mol. The van der Waals surface area contributed by atoms with Crippen LogP contribution in [0.2, 0.25) is 0 Å². The van der Waals surface area contributed by atoms with E-state index in [0.717, 1.165) is 18.9 Å². The molecule has 1 heterocycles. The molecule has 0 fully saturated rings. The summed E-state index contributed by atoms with van der Waals surface area (Å²) < 4.78 is 4.98. The molecule has 58 valence electrons. The molecule has 0 bridgehead atoms. The Morgan fingerprint density at radius 1 is 1.70 bits per heavy atom. The van der Waals surface area contributed by atoms with Gasteiger partial charge in [0.1, 0.15) is 0 Å². The Labute approximate surface area is 66.0 Å². The van der Waals surface area contributed by atoms with Crippen molar-refractivity contribution in [2.24, 2.45) is 0 Å². The largest absolute Gasteiger partial charge is 0.384 e. The van der Waals surface area contributed by atoms with Gasteiger partial charge in [-0.25, -0.2) is 0 Å². The molecule has 1 aliphatic rings. The Morgan fingerprint density at radius 2 is 2.50 bits per heavy atom. The number of allylic oxidation sites excluding steroid dienone is 1. The molecule has 0 radical (unpaired) electrons. The lowest BCUT2D eigenvalue weighted by Gasteiger charge is -1.99. The van der Waals surface area contributed by atoms with Crippen LogP contribution in [0.5, 0.6) is 0 Å². The van der Waals surface area contributed by atoms with Gasteiger partial charge in [-0.1, -0.05) is 0 Å². The van der Waals surface area contributed by atoms with Gasteiger partial charge in [0.2, 0.25) is 0 Å². The van der Waals surface area contributed by atoms with Crippen molar-refractivity contribution < 1.29 is 4.74 Å².